The van der Waals surface area contributed by atoms with Crippen LogP contribution in [0, 0.1) is 6.92 Å². The zero-order chi connectivity index (χ0) is 17.4. The lowest BCUT2D eigenvalue weighted by Gasteiger charge is -2.16. The van der Waals surface area contributed by atoms with Crippen LogP contribution in [0.5, 0.6) is 5.75 Å². The Kier molecular flexibility index (Phi) is 9.89. The molecule has 0 saturated heterocycles. The summed E-state index contributed by atoms with van der Waals surface area (Å²) in [7, 11) is 3.52. The molecule has 1 unspecified atom stereocenters. The van der Waals surface area contributed by atoms with Gasteiger partial charge in [-0.25, -0.2) is 0 Å². The summed E-state index contributed by atoms with van der Waals surface area (Å²) in [5.41, 5.74) is 3.83. The Morgan fingerprint density at radius 3 is 2.72 bits per heavy atom. The van der Waals surface area contributed by atoms with Crippen molar-refractivity contribution in [2.75, 3.05) is 27.2 Å². The van der Waals surface area contributed by atoms with Crippen LogP contribution >= 0.6 is 35.3 Å². The van der Waals surface area contributed by atoms with Gasteiger partial charge in [0.2, 0.25) is 0 Å². The first-order valence-corrected chi connectivity index (χ1v) is 9.18. The number of aliphatic imine (C=N–C) groups is 1. The van der Waals surface area contributed by atoms with E-state index < -0.39 is 0 Å². The molecule has 2 rings (SSSR count). The van der Waals surface area contributed by atoms with Crippen molar-refractivity contribution >= 4 is 41.3 Å². The molecule has 1 aromatic heterocycles. The third kappa shape index (κ3) is 6.86. The van der Waals surface area contributed by atoms with E-state index in [0.29, 0.717) is 5.92 Å². The SMILES string of the molecule is CN=C(NCCc1cc(C)ccc1OC)NCC(C)c1ccsc1.I. The number of methoxy groups -OCH3 is 1. The fourth-order valence-corrected chi connectivity index (χ4v) is 3.34. The van der Waals surface area contributed by atoms with Crippen LogP contribution in [-0.4, -0.2) is 33.2 Å². The van der Waals surface area contributed by atoms with E-state index in [0.717, 1.165) is 31.2 Å². The number of thiophene rings is 1. The van der Waals surface area contributed by atoms with Crippen LogP contribution in [0.3, 0.4) is 0 Å². The second-order valence-corrected chi connectivity index (χ2v) is 6.68. The lowest BCUT2D eigenvalue weighted by Crippen LogP contribution is -2.39. The predicted octanol–water partition coefficient (Wildman–Crippen LogP) is 4.19. The van der Waals surface area contributed by atoms with Gasteiger partial charge in [-0.15, -0.1) is 24.0 Å². The van der Waals surface area contributed by atoms with Crippen LogP contribution in [0.2, 0.25) is 0 Å². The number of aryl methyl sites for hydroxylation is 1. The molecule has 1 aromatic carbocycles. The van der Waals surface area contributed by atoms with Crippen molar-refractivity contribution in [3.63, 3.8) is 0 Å². The highest BCUT2D eigenvalue weighted by Gasteiger charge is 2.07. The average Bonchev–Trinajstić information content (AvgIpc) is 3.12. The number of benzene rings is 1. The Labute approximate surface area is 172 Å². The van der Waals surface area contributed by atoms with Crippen molar-refractivity contribution < 1.29 is 4.74 Å². The van der Waals surface area contributed by atoms with Gasteiger partial charge in [0, 0.05) is 20.1 Å². The molecule has 0 bridgehead atoms. The molecule has 1 atom stereocenters. The van der Waals surface area contributed by atoms with E-state index in [4.69, 9.17) is 4.74 Å². The van der Waals surface area contributed by atoms with Crippen molar-refractivity contribution in [3.8, 4) is 5.75 Å². The normalized spacial score (nSPS) is 12.2. The van der Waals surface area contributed by atoms with E-state index in [9.17, 15) is 0 Å². The first kappa shape index (κ1) is 21.8. The number of hydrogen-bond acceptors (Lipinski definition) is 3. The summed E-state index contributed by atoms with van der Waals surface area (Å²) in [5, 5.41) is 11.1. The first-order valence-electron chi connectivity index (χ1n) is 8.24. The van der Waals surface area contributed by atoms with Crippen LogP contribution < -0.4 is 15.4 Å². The van der Waals surface area contributed by atoms with Crippen molar-refractivity contribution in [1.82, 2.24) is 10.6 Å². The molecule has 25 heavy (non-hydrogen) atoms. The van der Waals surface area contributed by atoms with Gasteiger partial charge in [0.15, 0.2) is 5.96 Å². The molecule has 0 radical (unpaired) electrons. The van der Waals surface area contributed by atoms with Crippen molar-refractivity contribution in [2.45, 2.75) is 26.2 Å². The third-order valence-electron chi connectivity index (χ3n) is 4.03. The van der Waals surface area contributed by atoms with Gasteiger partial charge in [-0.2, -0.15) is 11.3 Å². The van der Waals surface area contributed by atoms with Gasteiger partial charge in [-0.3, -0.25) is 4.99 Å². The van der Waals surface area contributed by atoms with E-state index in [1.54, 1.807) is 25.5 Å². The summed E-state index contributed by atoms with van der Waals surface area (Å²) in [6, 6.07) is 8.45. The van der Waals surface area contributed by atoms with Crippen LogP contribution in [0.1, 0.15) is 29.5 Å². The first-order chi connectivity index (χ1) is 11.6. The number of nitrogens with one attached hydrogen (secondary N) is 2. The van der Waals surface area contributed by atoms with Gasteiger partial charge in [0.25, 0.3) is 0 Å². The van der Waals surface area contributed by atoms with Gasteiger partial charge >= 0.3 is 0 Å². The monoisotopic (exact) mass is 473 g/mol. The van der Waals surface area contributed by atoms with Crippen LogP contribution in [0.4, 0.5) is 0 Å². The highest BCUT2D eigenvalue weighted by Crippen LogP contribution is 2.20. The quantitative estimate of drug-likeness (QED) is 0.360. The van der Waals surface area contributed by atoms with E-state index >= 15 is 0 Å². The molecule has 138 valence electrons. The molecule has 1 heterocycles. The average molecular weight is 473 g/mol. The maximum absolute atomic E-state index is 5.43. The topological polar surface area (TPSA) is 45.7 Å². The Bertz CT molecular complexity index is 659. The Morgan fingerprint density at radius 1 is 1.28 bits per heavy atom. The zero-order valence-electron chi connectivity index (χ0n) is 15.3. The third-order valence-corrected chi connectivity index (χ3v) is 4.74. The highest BCUT2D eigenvalue weighted by molar-refractivity contribution is 14.0. The molecule has 4 nitrogen and oxygen atoms in total. The van der Waals surface area contributed by atoms with Gasteiger partial charge < -0.3 is 15.4 Å². The van der Waals surface area contributed by atoms with Crippen molar-refractivity contribution in [1.29, 1.82) is 0 Å². The maximum Gasteiger partial charge on any atom is 0.191 e. The smallest absolute Gasteiger partial charge is 0.191 e. The Balaban J connectivity index is 0.00000312. The number of nitrogens with zero attached hydrogens (tertiary/aromatic N) is 1. The molecule has 0 spiro atoms. The zero-order valence-corrected chi connectivity index (χ0v) is 18.5. The second kappa shape index (κ2) is 11.4. The van der Waals surface area contributed by atoms with E-state index in [2.05, 4.69) is 58.4 Å². The summed E-state index contributed by atoms with van der Waals surface area (Å²) in [6.45, 7) is 6.00. The predicted molar refractivity (Wildman–Crippen MR) is 119 cm³/mol. The molecule has 2 aromatic rings. The van der Waals surface area contributed by atoms with Crippen molar-refractivity contribution in [2.24, 2.45) is 4.99 Å². The Morgan fingerprint density at radius 2 is 2.08 bits per heavy atom. The molecule has 0 fully saturated rings. The molecule has 2 N–H and O–H groups in total. The maximum atomic E-state index is 5.43. The minimum absolute atomic E-state index is 0. The molecule has 6 heteroatoms. The molecule has 0 aliphatic carbocycles. The highest BCUT2D eigenvalue weighted by atomic mass is 127. The van der Waals surface area contributed by atoms with Crippen LogP contribution in [0.15, 0.2) is 40.0 Å². The van der Waals surface area contributed by atoms with Gasteiger partial charge in [0.05, 0.1) is 7.11 Å². The molecule has 0 saturated carbocycles. The minimum Gasteiger partial charge on any atom is -0.496 e. The number of rotatable bonds is 7. The lowest BCUT2D eigenvalue weighted by molar-refractivity contribution is 0.409. The number of halogens is 1. The number of guanidine groups is 1. The van der Waals surface area contributed by atoms with E-state index in [-0.39, 0.29) is 24.0 Å². The standard InChI is InChI=1S/C19H27N3OS.HI/c1-14-5-6-18(23-4)16(11-14)7-9-21-19(20-3)22-12-15(2)17-8-10-24-13-17;/h5-6,8,10-11,13,15H,7,9,12H2,1-4H3,(H2,20,21,22);1H. The van der Waals surface area contributed by atoms with Crippen molar-refractivity contribution in [3.05, 3.63) is 51.7 Å². The second-order valence-electron chi connectivity index (χ2n) is 5.90. The fourth-order valence-electron chi connectivity index (χ4n) is 2.56. The molecular weight excluding hydrogens is 445 g/mol. The lowest BCUT2D eigenvalue weighted by atomic mass is 10.1. The summed E-state index contributed by atoms with van der Waals surface area (Å²) in [4.78, 5) is 4.30. The largest absolute Gasteiger partial charge is 0.496 e. The fraction of sp³-hybridized carbons (Fsp3) is 0.421. The van der Waals surface area contributed by atoms with Crippen LogP contribution in [0.25, 0.3) is 0 Å². The summed E-state index contributed by atoms with van der Waals surface area (Å²) in [5.74, 6) is 2.24. The summed E-state index contributed by atoms with van der Waals surface area (Å²) < 4.78 is 5.43. The summed E-state index contributed by atoms with van der Waals surface area (Å²) in [6.07, 6.45) is 0.894. The van der Waals surface area contributed by atoms with Gasteiger partial charge in [-0.1, -0.05) is 24.6 Å². The number of ether oxygens (including phenoxy) is 1. The summed E-state index contributed by atoms with van der Waals surface area (Å²) >= 11 is 1.74. The molecule has 0 aliphatic rings. The minimum atomic E-state index is 0. The Hall–Kier alpha value is -1.28. The van der Waals surface area contributed by atoms with Gasteiger partial charge in [0.1, 0.15) is 5.75 Å². The van der Waals surface area contributed by atoms with Crippen LogP contribution in [-0.2, 0) is 6.42 Å². The molecule has 0 amide bonds. The van der Waals surface area contributed by atoms with Gasteiger partial charge in [-0.05, 0) is 53.3 Å². The van der Waals surface area contributed by atoms with E-state index in [1.807, 2.05) is 6.07 Å². The molecule has 0 aliphatic heterocycles. The number of hydrogen-bond donors (Lipinski definition) is 2. The van der Waals surface area contributed by atoms with E-state index in [1.165, 1.54) is 16.7 Å². The molecular formula is C19H28IN3OS.